The standard InChI is InChI=1S/C17H19FN6O/c1-23-9-10(6-20-23)11-7-19-8-12(11)16(25)22-17-21-15-13(18)4-3-5-14(15)24(17)2/h3-6,9,11-12,19H,7-8H2,1-2H3,(H,21,22,25)/t11-,12+/m1/s1. The number of para-hydroxylation sites is 1. The number of benzene rings is 1. The van der Waals surface area contributed by atoms with E-state index in [0.29, 0.717) is 18.0 Å². The summed E-state index contributed by atoms with van der Waals surface area (Å²) in [5.41, 5.74) is 1.93. The van der Waals surface area contributed by atoms with E-state index < -0.39 is 5.82 Å². The van der Waals surface area contributed by atoms with E-state index in [-0.39, 0.29) is 23.3 Å². The number of aryl methyl sites for hydroxylation is 2. The third kappa shape index (κ3) is 2.68. The second kappa shape index (κ2) is 5.96. The van der Waals surface area contributed by atoms with E-state index in [9.17, 15) is 9.18 Å². The number of fused-ring (bicyclic) bond motifs is 1. The second-order valence-electron chi connectivity index (χ2n) is 6.41. The number of nitrogens with zero attached hydrogens (tertiary/aromatic N) is 4. The number of hydrogen-bond acceptors (Lipinski definition) is 4. The summed E-state index contributed by atoms with van der Waals surface area (Å²) in [6, 6.07) is 4.77. The van der Waals surface area contributed by atoms with Crippen molar-refractivity contribution < 1.29 is 9.18 Å². The van der Waals surface area contributed by atoms with E-state index in [1.807, 2.05) is 13.2 Å². The molecule has 7 nitrogen and oxygen atoms in total. The summed E-state index contributed by atoms with van der Waals surface area (Å²) in [5.74, 6) is -0.349. The van der Waals surface area contributed by atoms with Crippen molar-refractivity contribution in [1.82, 2.24) is 24.6 Å². The molecule has 8 heteroatoms. The lowest BCUT2D eigenvalue weighted by Crippen LogP contribution is -2.29. The molecule has 1 aliphatic rings. The maximum Gasteiger partial charge on any atom is 0.231 e. The van der Waals surface area contributed by atoms with Gasteiger partial charge in [0, 0.05) is 39.3 Å². The van der Waals surface area contributed by atoms with Crippen LogP contribution in [0.5, 0.6) is 0 Å². The van der Waals surface area contributed by atoms with Gasteiger partial charge in [0.15, 0.2) is 5.82 Å². The highest BCUT2D eigenvalue weighted by molar-refractivity contribution is 5.94. The average Bonchev–Trinajstić information content (AvgIpc) is 3.29. The Hall–Kier alpha value is -2.74. The first-order chi connectivity index (χ1) is 12.0. The van der Waals surface area contributed by atoms with Crippen molar-refractivity contribution >= 4 is 22.9 Å². The summed E-state index contributed by atoms with van der Waals surface area (Å²) in [6.07, 6.45) is 3.73. The number of anilines is 1. The van der Waals surface area contributed by atoms with Gasteiger partial charge in [-0.15, -0.1) is 0 Å². The SMILES string of the molecule is Cn1cc([C@H]2CNC[C@@H]2C(=O)Nc2nc3c(F)cccc3n2C)cn1. The van der Waals surface area contributed by atoms with Gasteiger partial charge in [0.2, 0.25) is 11.9 Å². The molecule has 0 bridgehead atoms. The lowest BCUT2D eigenvalue weighted by molar-refractivity contribution is -0.119. The third-order valence-corrected chi connectivity index (χ3v) is 4.80. The topological polar surface area (TPSA) is 76.8 Å². The minimum absolute atomic E-state index is 0.0557. The lowest BCUT2D eigenvalue weighted by atomic mass is 9.90. The first kappa shape index (κ1) is 15.8. The smallest absolute Gasteiger partial charge is 0.231 e. The molecule has 1 amide bonds. The zero-order valence-electron chi connectivity index (χ0n) is 14.0. The Labute approximate surface area is 143 Å². The van der Waals surface area contributed by atoms with Gasteiger partial charge in [0.25, 0.3) is 0 Å². The van der Waals surface area contributed by atoms with Gasteiger partial charge in [-0.1, -0.05) is 6.07 Å². The van der Waals surface area contributed by atoms with Gasteiger partial charge >= 0.3 is 0 Å². The Morgan fingerprint density at radius 2 is 2.20 bits per heavy atom. The number of aromatic nitrogens is 4. The summed E-state index contributed by atoms with van der Waals surface area (Å²) < 4.78 is 17.3. The van der Waals surface area contributed by atoms with Crippen LogP contribution >= 0.6 is 0 Å². The first-order valence-corrected chi connectivity index (χ1v) is 8.15. The number of hydrogen-bond donors (Lipinski definition) is 2. The van der Waals surface area contributed by atoms with E-state index in [4.69, 9.17) is 0 Å². The van der Waals surface area contributed by atoms with Crippen LogP contribution < -0.4 is 10.6 Å². The van der Waals surface area contributed by atoms with Crippen molar-refractivity contribution in [3.05, 3.63) is 42.0 Å². The summed E-state index contributed by atoms with van der Waals surface area (Å²) in [4.78, 5) is 17.0. The summed E-state index contributed by atoms with van der Waals surface area (Å²) >= 11 is 0. The molecule has 130 valence electrons. The molecule has 0 unspecified atom stereocenters. The van der Waals surface area contributed by atoms with Crippen LogP contribution in [0.4, 0.5) is 10.3 Å². The van der Waals surface area contributed by atoms with E-state index in [2.05, 4.69) is 20.7 Å². The van der Waals surface area contributed by atoms with Gasteiger partial charge < -0.3 is 9.88 Å². The van der Waals surface area contributed by atoms with Crippen LogP contribution in [0.25, 0.3) is 11.0 Å². The normalized spacial score (nSPS) is 20.3. The highest BCUT2D eigenvalue weighted by Crippen LogP contribution is 2.29. The van der Waals surface area contributed by atoms with Crippen molar-refractivity contribution in [1.29, 1.82) is 0 Å². The van der Waals surface area contributed by atoms with E-state index in [1.54, 1.807) is 34.6 Å². The van der Waals surface area contributed by atoms with Crippen LogP contribution in [0.1, 0.15) is 11.5 Å². The Morgan fingerprint density at radius 3 is 2.92 bits per heavy atom. The molecule has 0 radical (unpaired) electrons. The van der Waals surface area contributed by atoms with Gasteiger partial charge in [0.1, 0.15) is 5.52 Å². The van der Waals surface area contributed by atoms with Gasteiger partial charge in [0.05, 0.1) is 17.6 Å². The van der Waals surface area contributed by atoms with Crippen LogP contribution in [-0.4, -0.2) is 38.3 Å². The van der Waals surface area contributed by atoms with Crippen LogP contribution in [0.15, 0.2) is 30.6 Å². The Morgan fingerprint density at radius 1 is 1.36 bits per heavy atom. The molecule has 0 saturated carbocycles. The molecule has 4 rings (SSSR count). The second-order valence-corrected chi connectivity index (χ2v) is 6.41. The maximum absolute atomic E-state index is 13.9. The van der Waals surface area contributed by atoms with Crippen molar-refractivity contribution in [2.45, 2.75) is 5.92 Å². The number of carbonyl (C=O) groups excluding carboxylic acids is 1. The third-order valence-electron chi connectivity index (χ3n) is 4.80. The molecule has 0 spiro atoms. The fraction of sp³-hybridized carbons (Fsp3) is 0.353. The van der Waals surface area contributed by atoms with E-state index in [0.717, 1.165) is 12.1 Å². The minimum atomic E-state index is -0.399. The van der Waals surface area contributed by atoms with Crippen molar-refractivity contribution in [3.8, 4) is 0 Å². The highest BCUT2D eigenvalue weighted by Gasteiger charge is 2.35. The Bertz CT molecular complexity index is 946. The molecule has 1 aliphatic heterocycles. The number of rotatable bonds is 3. The van der Waals surface area contributed by atoms with Gasteiger partial charge in [-0.25, -0.2) is 9.37 Å². The van der Waals surface area contributed by atoms with E-state index >= 15 is 0 Å². The Balaban J connectivity index is 1.59. The van der Waals surface area contributed by atoms with Crippen molar-refractivity contribution in [3.63, 3.8) is 0 Å². The largest absolute Gasteiger partial charge is 0.315 e. The molecule has 1 fully saturated rings. The predicted octanol–water partition coefficient (Wildman–Crippen LogP) is 1.39. The van der Waals surface area contributed by atoms with Crippen LogP contribution in [-0.2, 0) is 18.9 Å². The zero-order valence-corrected chi connectivity index (χ0v) is 14.0. The first-order valence-electron chi connectivity index (χ1n) is 8.15. The highest BCUT2D eigenvalue weighted by atomic mass is 19.1. The Kier molecular flexibility index (Phi) is 3.76. The number of amides is 1. The fourth-order valence-electron chi connectivity index (χ4n) is 3.43. The lowest BCUT2D eigenvalue weighted by Gasteiger charge is -2.16. The fourth-order valence-corrected chi connectivity index (χ4v) is 3.43. The monoisotopic (exact) mass is 342 g/mol. The molecule has 25 heavy (non-hydrogen) atoms. The summed E-state index contributed by atoms with van der Waals surface area (Å²) in [6.45, 7) is 1.31. The maximum atomic E-state index is 13.9. The molecule has 3 aromatic rings. The number of carbonyl (C=O) groups is 1. The molecule has 1 saturated heterocycles. The molecule has 2 atom stereocenters. The number of halogens is 1. The molecular formula is C17H19FN6O. The predicted molar refractivity (Wildman–Crippen MR) is 91.6 cm³/mol. The van der Waals surface area contributed by atoms with Crippen molar-refractivity contribution in [2.24, 2.45) is 20.0 Å². The average molecular weight is 342 g/mol. The molecule has 0 aliphatic carbocycles. The van der Waals surface area contributed by atoms with Crippen LogP contribution in [0.2, 0.25) is 0 Å². The molecule has 1 aromatic carbocycles. The van der Waals surface area contributed by atoms with Crippen molar-refractivity contribution in [2.75, 3.05) is 18.4 Å². The van der Waals surface area contributed by atoms with E-state index in [1.165, 1.54) is 6.07 Å². The number of imidazole rings is 1. The molecule has 2 N–H and O–H groups in total. The minimum Gasteiger partial charge on any atom is -0.315 e. The molecule has 3 heterocycles. The summed E-state index contributed by atoms with van der Waals surface area (Å²) in [7, 11) is 3.62. The van der Waals surface area contributed by atoms with Gasteiger partial charge in [-0.3, -0.25) is 14.8 Å². The zero-order chi connectivity index (χ0) is 17.6. The molecular weight excluding hydrogens is 323 g/mol. The van der Waals surface area contributed by atoms with Gasteiger partial charge in [-0.05, 0) is 17.7 Å². The summed E-state index contributed by atoms with van der Waals surface area (Å²) in [5, 5.41) is 10.3. The van der Waals surface area contributed by atoms with Gasteiger partial charge in [-0.2, -0.15) is 5.10 Å². The van der Waals surface area contributed by atoms with Crippen LogP contribution in [0, 0.1) is 11.7 Å². The number of nitrogens with one attached hydrogen (secondary N) is 2. The molecule has 2 aromatic heterocycles. The quantitative estimate of drug-likeness (QED) is 0.754. The van der Waals surface area contributed by atoms with Crippen LogP contribution in [0.3, 0.4) is 0 Å².